The molecular formula is C93H69Au3N12Si3. The van der Waals surface area contributed by atoms with E-state index >= 15 is 0 Å². The van der Waals surface area contributed by atoms with Crippen molar-refractivity contribution in [2.24, 2.45) is 0 Å². The van der Waals surface area contributed by atoms with Gasteiger partial charge in [-0.15, -0.1) is 106 Å². The van der Waals surface area contributed by atoms with E-state index in [0.717, 1.165) is 72.2 Å². The van der Waals surface area contributed by atoms with E-state index in [1.807, 2.05) is 61.1 Å². The molecule has 0 amide bonds. The molecule has 12 nitrogen and oxygen atoms in total. The Kier molecular flexibility index (Phi) is 22.1. The molecule has 2 saturated heterocycles. The quantitative estimate of drug-likeness (QED) is 0.0817. The van der Waals surface area contributed by atoms with Crippen molar-refractivity contribution in [1.29, 1.82) is 0 Å². The summed E-state index contributed by atoms with van der Waals surface area (Å²) in [4.78, 5) is 40.9. The third kappa shape index (κ3) is 14.1. The Morgan fingerprint density at radius 2 is 0.676 bits per heavy atom. The number of aromatic nitrogens is 12. The summed E-state index contributed by atoms with van der Waals surface area (Å²) in [6.07, 6.45) is 22.5. The number of fused-ring (bicyclic) bond motifs is 9. The predicted octanol–water partition coefficient (Wildman–Crippen LogP) is 14.7. The van der Waals surface area contributed by atoms with E-state index < -0.39 is 24.9 Å². The van der Waals surface area contributed by atoms with Crippen molar-refractivity contribution in [3.8, 4) is 51.2 Å². The Morgan fingerprint density at radius 3 is 1.07 bits per heavy atom. The molecule has 0 N–H and O–H groups in total. The molecule has 1 atom stereocenters. The summed E-state index contributed by atoms with van der Waals surface area (Å²) in [5.41, 5.74) is 12.3. The van der Waals surface area contributed by atoms with Gasteiger partial charge < -0.3 is 43.6 Å². The number of hydrogen-bond donors (Lipinski definition) is 0. The summed E-state index contributed by atoms with van der Waals surface area (Å²) in [5.74, 6) is 2.08. The zero-order valence-corrected chi connectivity index (χ0v) is 69.7. The number of imidazole rings is 3. The Hall–Kier alpha value is -10.4. The summed E-state index contributed by atoms with van der Waals surface area (Å²) in [6, 6.07) is 115. The minimum atomic E-state index is -1.99. The average molecular weight is 2030 g/mol. The number of benzene rings is 10. The summed E-state index contributed by atoms with van der Waals surface area (Å²) in [7, 11) is -5.76. The van der Waals surface area contributed by atoms with Crippen LogP contribution in [0.5, 0.6) is 0 Å². The van der Waals surface area contributed by atoms with Gasteiger partial charge in [0.15, 0.2) is 0 Å². The van der Waals surface area contributed by atoms with E-state index in [1.165, 1.54) is 120 Å². The van der Waals surface area contributed by atoms with Crippen molar-refractivity contribution >= 4 is 127 Å². The zero-order valence-electron chi connectivity index (χ0n) is 60.1. The maximum absolute atomic E-state index is 4.91. The number of para-hydroxylation sites is 3. The van der Waals surface area contributed by atoms with Crippen LogP contribution in [-0.4, -0.2) is 68.5 Å². The first-order valence-corrected chi connectivity index (χ1v) is 43.7. The fraction of sp³-hybridized carbons (Fsp3) is 0.0968. The molecule has 19 aromatic rings. The Labute approximate surface area is 694 Å². The van der Waals surface area contributed by atoms with Crippen molar-refractivity contribution < 1.29 is 67.1 Å². The molecule has 2 aliphatic rings. The average Bonchev–Trinajstić information content (AvgIpc) is 1.62. The summed E-state index contributed by atoms with van der Waals surface area (Å²) < 4.78 is 6.87. The van der Waals surface area contributed by atoms with Crippen molar-refractivity contribution in [2.75, 3.05) is 0 Å². The van der Waals surface area contributed by atoms with Gasteiger partial charge in [0.2, 0.25) is 0 Å². The van der Waals surface area contributed by atoms with Gasteiger partial charge in [0.05, 0.1) is 0 Å². The van der Waals surface area contributed by atoms with Crippen LogP contribution < -0.4 is 51.7 Å². The van der Waals surface area contributed by atoms with Crippen LogP contribution in [0.3, 0.4) is 0 Å². The van der Waals surface area contributed by atoms with Crippen molar-refractivity contribution in [2.45, 2.75) is 56.3 Å². The predicted molar refractivity (Wildman–Crippen MR) is 443 cm³/mol. The molecule has 546 valence electrons. The number of pyridine rings is 3. The summed E-state index contributed by atoms with van der Waals surface area (Å²) in [5, 5.41) is 16.2. The first-order valence-electron chi connectivity index (χ1n) is 37.1. The molecule has 9 aromatic heterocycles. The topological polar surface area (TPSA) is 134 Å². The molecule has 10 aromatic carbocycles. The van der Waals surface area contributed by atoms with Gasteiger partial charge in [0.1, 0.15) is 24.9 Å². The molecule has 2 fully saturated rings. The monoisotopic (exact) mass is 2030 g/mol. The first-order chi connectivity index (χ1) is 53.5. The zero-order chi connectivity index (χ0) is 71.8. The third-order valence-corrected chi connectivity index (χ3v) is 34.8. The molecule has 18 heteroatoms. The maximum atomic E-state index is 4.91. The van der Waals surface area contributed by atoms with Gasteiger partial charge in [-0.25, -0.2) is 0 Å². The fourth-order valence-corrected chi connectivity index (χ4v) is 29.2. The van der Waals surface area contributed by atoms with Crippen molar-refractivity contribution in [3.63, 3.8) is 0 Å². The first kappa shape index (κ1) is 74.6. The third-order valence-electron chi connectivity index (χ3n) is 21.9. The van der Waals surface area contributed by atoms with Crippen LogP contribution >= 0.6 is 0 Å². The summed E-state index contributed by atoms with van der Waals surface area (Å²) in [6.45, 7) is 0. The van der Waals surface area contributed by atoms with Crippen molar-refractivity contribution in [1.82, 2.24) is 58.6 Å². The van der Waals surface area contributed by atoms with Crippen LogP contribution in [0.25, 0.3) is 117 Å². The summed E-state index contributed by atoms with van der Waals surface area (Å²) >= 11 is 0. The number of rotatable bonds is 13. The molecule has 111 heavy (non-hydrogen) atoms. The van der Waals surface area contributed by atoms with Gasteiger partial charge in [0.25, 0.3) is 0 Å². The van der Waals surface area contributed by atoms with Crippen LogP contribution in [0.1, 0.15) is 32.1 Å². The van der Waals surface area contributed by atoms with Gasteiger partial charge in [-0.05, 0) is 112 Å². The van der Waals surface area contributed by atoms with Gasteiger partial charge in [-0.3, -0.25) is 15.0 Å². The van der Waals surface area contributed by atoms with Crippen molar-refractivity contribution in [3.05, 3.63) is 341 Å². The Bertz CT molecular complexity index is 6340. The minimum absolute atomic E-state index is 0. The Morgan fingerprint density at radius 1 is 0.297 bits per heavy atom. The second-order valence-corrected chi connectivity index (χ2v) is 39.1. The van der Waals surface area contributed by atoms with E-state index in [1.54, 1.807) is 37.2 Å². The normalized spacial score (nSPS) is 13.9. The molecule has 0 spiro atoms. The van der Waals surface area contributed by atoms with Gasteiger partial charge >= 0.3 is 67.1 Å². The van der Waals surface area contributed by atoms with Gasteiger partial charge in [-0.1, -0.05) is 194 Å². The van der Waals surface area contributed by atoms with E-state index in [0.29, 0.717) is 17.5 Å². The SMILES string of the molecule is [Au+3].[Au+3].[Au+3].[c-]1c(-c2ncc[n-]2)cccc1-n1c2[c-]c([SiH](c3ccccc3)c3ccccn3)ccc2c2ccccc21.[c-]1c(-c2ncc[n-]2)cccc1-n1c2[c-]c([Si]3(c4ccccn4)CCCC3)ccc2c2ccccc21.[c-]1c(-c2ncc[n-]2)cccc1-n1c2[c-]c([Si]3(c4ccccn4)CCCCC3)ccc2c2ccccc21. The van der Waals surface area contributed by atoms with Gasteiger partial charge in [0, 0.05) is 51.1 Å². The Balaban J connectivity index is 0.000000125. The van der Waals surface area contributed by atoms with Crippen LogP contribution in [0.2, 0.25) is 24.2 Å². The second kappa shape index (κ2) is 32.9. The number of hydrogen-bond acceptors (Lipinski definition) is 6. The largest absolute Gasteiger partial charge is 3.00 e. The standard InChI is InChI=1S/C32H21N4Si.C31H25N4Si.C30H23N4Si.3Au/c1-2-11-25(12-3-1)37(31-15-6-7-18-33-31)26-16-17-28-27-13-4-5-14-29(27)36(30(28)22-26)24-10-8-9-23(21-24)32-34-19-20-35-32;1-6-19-36(20-7-1,30-13-4-5-16-32-30)25-14-15-27-26-11-2-3-12-28(26)35(29(27)22-25)24-10-8-9-23(21-24)31-33-17-18-34-31;1-2-11-27-25(10-1)26-14-13-24(35(18-5-6-19-35)29-12-3-4-15-31-29)21-28(26)34(27)23-9-7-8-22(20-23)30-32-16-17-33-30;;;/h1-20,37H;2-5,8-18H,1,6-7,19-20H2;1-4,7-17H,5-6,18-19H2;;;/q3*-3;3*+3. The second-order valence-electron chi connectivity index (χ2n) is 28.0. The molecule has 11 heterocycles. The molecule has 21 rings (SSSR count). The van der Waals surface area contributed by atoms with E-state index in [9.17, 15) is 0 Å². The molecule has 0 aliphatic carbocycles. The van der Waals surface area contributed by atoms with Crippen LogP contribution in [-0.2, 0) is 67.1 Å². The molecule has 2 aliphatic heterocycles. The van der Waals surface area contributed by atoms with Gasteiger partial charge in [-0.2, -0.15) is 86.8 Å². The smallest absolute Gasteiger partial charge is 0.490 e. The molecule has 0 radical (unpaired) electrons. The van der Waals surface area contributed by atoms with E-state index in [4.69, 9.17) is 15.0 Å². The molecule has 0 bridgehead atoms. The number of nitrogens with zero attached hydrogens (tertiary/aromatic N) is 12. The minimum Gasteiger partial charge on any atom is -0.490 e. The molecule has 1 unspecified atom stereocenters. The van der Waals surface area contributed by atoms with Crippen LogP contribution in [0, 0.1) is 36.4 Å². The van der Waals surface area contributed by atoms with Crippen LogP contribution in [0.15, 0.2) is 304 Å². The molecule has 0 saturated carbocycles. The van der Waals surface area contributed by atoms with Crippen LogP contribution in [0.4, 0.5) is 0 Å². The van der Waals surface area contributed by atoms with E-state index in [-0.39, 0.29) is 67.1 Å². The maximum Gasteiger partial charge on any atom is 3.00 e. The van der Waals surface area contributed by atoms with E-state index in [2.05, 4.69) is 286 Å². The molecular weight excluding hydrogens is 1960 g/mol. The fourth-order valence-electron chi connectivity index (χ4n) is 16.9.